The number of nitrogens with one attached hydrogen (secondary N) is 3. The van der Waals surface area contributed by atoms with Gasteiger partial charge in [-0.15, -0.1) is 0 Å². The molecule has 1 amide bonds. The Morgan fingerprint density at radius 2 is 1.41 bits per heavy atom. The van der Waals surface area contributed by atoms with Crippen LogP contribution in [-0.4, -0.2) is 36.6 Å². The Kier molecular flexibility index (Phi) is 9.91. The first-order chi connectivity index (χ1) is 16.5. The number of carboxylic acid groups (broad SMARTS) is 1. The third-order valence-corrected chi connectivity index (χ3v) is 5.21. The molecule has 0 aliphatic rings. The molecule has 0 saturated carbocycles. The van der Waals surface area contributed by atoms with Crippen LogP contribution in [0.1, 0.15) is 28.8 Å². The molecule has 7 nitrogen and oxygen atoms in total. The predicted molar refractivity (Wildman–Crippen MR) is 134 cm³/mol. The molecule has 34 heavy (non-hydrogen) atoms. The SMILES string of the molecule is O=C(CCNCCCNCc1ccc(C(=O)O)cc1)Nc1ccc(Oc2ccc(Cl)cc2)cc1. The number of carboxylic acids is 1. The molecule has 8 heteroatoms. The lowest BCUT2D eigenvalue weighted by Gasteiger charge is -2.09. The van der Waals surface area contributed by atoms with Crippen LogP contribution in [0.2, 0.25) is 5.02 Å². The second kappa shape index (κ2) is 13.3. The smallest absolute Gasteiger partial charge is 0.335 e. The van der Waals surface area contributed by atoms with Gasteiger partial charge < -0.3 is 25.8 Å². The Balaban J connectivity index is 1.24. The first-order valence-corrected chi connectivity index (χ1v) is 11.4. The van der Waals surface area contributed by atoms with Gasteiger partial charge in [-0.25, -0.2) is 4.79 Å². The van der Waals surface area contributed by atoms with Crippen LogP contribution in [0.25, 0.3) is 0 Å². The molecule has 0 aromatic heterocycles. The van der Waals surface area contributed by atoms with Crippen molar-refractivity contribution < 1.29 is 19.4 Å². The molecule has 0 spiro atoms. The molecule has 0 atom stereocenters. The number of benzene rings is 3. The molecule has 0 bridgehead atoms. The highest BCUT2D eigenvalue weighted by atomic mass is 35.5. The minimum absolute atomic E-state index is 0.0539. The van der Waals surface area contributed by atoms with Crippen molar-refractivity contribution in [3.05, 3.63) is 88.9 Å². The fourth-order valence-corrected chi connectivity index (χ4v) is 3.26. The van der Waals surface area contributed by atoms with Crippen LogP contribution in [0.15, 0.2) is 72.8 Å². The van der Waals surface area contributed by atoms with E-state index >= 15 is 0 Å². The van der Waals surface area contributed by atoms with Gasteiger partial charge >= 0.3 is 5.97 Å². The molecule has 0 unspecified atom stereocenters. The van der Waals surface area contributed by atoms with Gasteiger partial charge in [0.2, 0.25) is 5.91 Å². The Labute approximate surface area is 204 Å². The number of ether oxygens (including phenoxy) is 1. The quantitative estimate of drug-likeness (QED) is 0.258. The lowest BCUT2D eigenvalue weighted by molar-refractivity contribution is -0.116. The Morgan fingerprint density at radius 1 is 0.794 bits per heavy atom. The van der Waals surface area contributed by atoms with E-state index in [-0.39, 0.29) is 11.5 Å². The molecule has 0 fully saturated rings. The van der Waals surface area contributed by atoms with Crippen molar-refractivity contribution in [3.63, 3.8) is 0 Å². The van der Waals surface area contributed by atoms with E-state index in [1.54, 1.807) is 60.7 Å². The van der Waals surface area contributed by atoms with Gasteiger partial charge in [0.15, 0.2) is 0 Å². The maximum Gasteiger partial charge on any atom is 0.335 e. The Morgan fingerprint density at radius 3 is 2.06 bits per heavy atom. The Hall–Kier alpha value is -3.39. The van der Waals surface area contributed by atoms with E-state index < -0.39 is 5.97 Å². The van der Waals surface area contributed by atoms with E-state index in [1.165, 1.54) is 0 Å². The minimum Gasteiger partial charge on any atom is -0.478 e. The fourth-order valence-electron chi connectivity index (χ4n) is 3.13. The number of anilines is 1. The van der Waals surface area contributed by atoms with Gasteiger partial charge in [-0.2, -0.15) is 0 Å². The number of amides is 1. The maximum atomic E-state index is 12.1. The third kappa shape index (κ3) is 8.86. The van der Waals surface area contributed by atoms with Crippen LogP contribution in [-0.2, 0) is 11.3 Å². The summed E-state index contributed by atoms with van der Waals surface area (Å²) in [6.07, 6.45) is 1.30. The number of hydrogen-bond acceptors (Lipinski definition) is 5. The molecule has 0 radical (unpaired) electrons. The molecule has 3 aromatic rings. The van der Waals surface area contributed by atoms with Crippen LogP contribution in [0, 0.1) is 0 Å². The molecule has 4 N–H and O–H groups in total. The van der Waals surface area contributed by atoms with Crippen molar-refractivity contribution in [2.45, 2.75) is 19.4 Å². The van der Waals surface area contributed by atoms with Gasteiger partial charge in [-0.3, -0.25) is 4.79 Å². The first-order valence-electron chi connectivity index (χ1n) is 11.1. The summed E-state index contributed by atoms with van der Waals surface area (Å²) in [5, 5.41) is 19.0. The van der Waals surface area contributed by atoms with Gasteiger partial charge in [0.05, 0.1) is 5.56 Å². The van der Waals surface area contributed by atoms with Crippen LogP contribution < -0.4 is 20.7 Å². The largest absolute Gasteiger partial charge is 0.478 e. The maximum absolute atomic E-state index is 12.1. The second-order valence-electron chi connectivity index (χ2n) is 7.66. The topological polar surface area (TPSA) is 99.7 Å². The molecule has 0 heterocycles. The monoisotopic (exact) mass is 481 g/mol. The summed E-state index contributed by atoms with van der Waals surface area (Å²) in [5.41, 5.74) is 2.05. The summed E-state index contributed by atoms with van der Waals surface area (Å²) in [6, 6.07) is 21.2. The van der Waals surface area contributed by atoms with E-state index in [0.29, 0.717) is 41.7 Å². The predicted octanol–water partition coefficient (Wildman–Crippen LogP) is 4.93. The van der Waals surface area contributed by atoms with Crippen LogP contribution >= 0.6 is 11.6 Å². The summed E-state index contributed by atoms with van der Waals surface area (Å²) < 4.78 is 5.74. The molecule has 0 saturated heterocycles. The molecule has 0 aliphatic carbocycles. The van der Waals surface area contributed by atoms with Crippen molar-refractivity contribution in [3.8, 4) is 11.5 Å². The third-order valence-electron chi connectivity index (χ3n) is 4.95. The molecule has 3 rings (SSSR count). The number of halogens is 1. The number of rotatable bonds is 13. The van der Waals surface area contributed by atoms with Crippen molar-refractivity contribution >= 4 is 29.2 Å². The van der Waals surface area contributed by atoms with Crippen molar-refractivity contribution in [1.82, 2.24) is 10.6 Å². The minimum atomic E-state index is -0.919. The van der Waals surface area contributed by atoms with Crippen molar-refractivity contribution in [2.24, 2.45) is 0 Å². The van der Waals surface area contributed by atoms with E-state index in [0.717, 1.165) is 25.1 Å². The van der Waals surface area contributed by atoms with E-state index in [9.17, 15) is 9.59 Å². The second-order valence-corrected chi connectivity index (χ2v) is 8.10. The van der Waals surface area contributed by atoms with E-state index in [2.05, 4.69) is 16.0 Å². The van der Waals surface area contributed by atoms with Crippen molar-refractivity contribution in [1.29, 1.82) is 0 Å². The van der Waals surface area contributed by atoms with Gasteiger partial charge in [0.1, 0.15) is 11.5 Å². The molecule has 0 aliphatic heterocycles. The Bertz CT molecular complexity index is 1050. The lowest BCUT2D eigenvalue weighted by atomic mass is 10.1. The fraction of sp³-hybridized carbons (Fsp3) is 0.231. The number of hydrogen-bond donors (Lipinski definition) is 4. The average molecular weight is 482 g/mol. The molecule has 3 aromatic carbocycles. The number of carbonyl (C=O) groups excluding carboxylic acids is 1. The highest BCUT2D eigenvalue weighted by molar-refractivity contribution is 6.30. The van der Waals surface area contributed by atoms with Gasteiger partial charge in [0, 0.05) is 30.2 Å². The van der Waals surface area contributed by atoms with Gasteiger partial charge in [-0.1, -0.05) is 23.7 Å². The van der Waals surface area contributed by atoms with Crippen LogP contribution in [0.5, 0.6) is 11.5 Å². The standard InChI is InChI=1S/C26H28ClN3O4/c27-21-6-10-23(11-7-21)34-24-12-8-22(9-13-24)30-25(31)14-17-28-15-1-16-29-18-19-2-4-20(5-3-19)26(32)33/h2-13,28-29H,1,14-18H2,(H,30,31)(H,32,33). The summed E-state index contributed by atoms with van der Waals surface area (Å²) in [6.45, 7) is 2.91. The lowest BCUT2D eigenvalue weighted by Crippen LogP contribution is -2.25. The zero-order valence-electron chi connectivity index (χ0n) is 18.7. The molecule has 178 valence electrons. The zero-order valence-corrected chi connectivity index (χ0v) is 19.5. The average Bonchev–Trinajstić information content (AvgIpc) is 2.84. The molecular weight excluding hydrogens is 454 g/mol. The van der Waals surface area contributed by atoms with Crippen LogP contribution in [0.3, 0.4) is 0 Å². The van der Waals surface area contributed by atoms with Crippen LogP contribution in [0.4, 0.5) is 5.69 Å². The van der Waals surface area contributed by atoms with Crippen molar-refractivity contribution in [2.75, 3.05) is 25.0 Å². The highest BCUT2D eigenvalue weighted by Gasteiger charge is 2.04. The summed E-state index contributed by atoms with van der Waals surface area (Å²) in [4.78, 5) is 23.0. The first kappa shape index (κ1) is 25.2. The van der Waals surface area contributed by atoms with E-state index in [4.69, 9.17) is 21.4 Å². The summed E-state index contributed by atoms with van der Waals surface area (Å²) in [7, 11) is 0. The number of carbonyl (C=O) groups is 2. The van der Waals surface area contributed by atoms with E-state index in [1.807, 2.05) is 12.1 Å². The zero-order chi connectivity index (χ0) is 24.2. The highest BCUT2D eigenvalue weighted by Crippen LogP contribution is 2.24. The normalized spacial score (nSPS) is 10.6. The summed E-state index contributed by atoms with van der Waals surface area (Å²) in [5.74, 6) is 0.392. The van der Waals surface area contributed by atoms with Gasteiger partial charge in [0.25, 0.3) is 0 Å². The molecular formula is C26H28ClN3O4. The number of aromatic carboxylic acids is 1. The summed E-state index contributed by atoms with van der Waals surface area (Å²) >= 11 is 5.87. The van der Waals surface area contributed by atoms with Gasteiger partial charge in [-0.05, 0) is 85.7 Å².